The summed E-state index contributed by atoms with van der Waals surface area (Å²) in [5.74, 6) is -0.513. The van der Waals surface area contributed by atoms with E-state index in [9.17, 15) is 9.59 Å². The number of fused-ring (bicyclic) bond motifs is 1. The van der Waals surface area contributed by atoms with Crippen LogP contribution in [-0.4, -0.2) is 42.3 Å². The predicted molar refractivity (Wildman–Crippen MR) is 66.7 cm³/mol. The third-order valence-electron chi connectivity index (χ3n) is 3.47. The molecule has 5 heteroatoms. The van der Waals surface area contributed by atoms with Crippen molar-refractivity contribution in [1.82, 2.24) is 4.90 Å². The van der Waals surface area contributed by atoms with Crippen LogP contribution in [0, 0.1) is 0 Å². The Morgan fingerprint density at radius 3 is 2.11 bits per heavy atom. The van der Waals surface area contributed by atoms with Gasteiger partial charge >= 0.3 is 0 Å². The molecule has 0 N–H and O–H groups in total. The second-order valence-corrected chi connectivity index (χ2v) is 4.68. The molecule has 0 saturated carbocycles. The van der Waals surface area contributed by atoms with Crippen molar-refractivity contribution in [3.05, 3.63) is 35.4 Å². The van der Waals surface area contributed by atoms with E-state index >= 15 is 0 Å². The number of hydrogen-bond acceptors (Lipinski definition) is 4. The lowest BCUT2D eigenvalue weighted by molar-refractivity contribution is -0.197. The summed E-state index contributed by atoms with van der Waals surface area (Å²) in [4.78, 5) is 25.8. The Hall–Kier alpha value is -1.72. The molecule has 0 radical (unpaired) electrons. The minimum absolute atomic E-state index is 0.230. The standard InChI is InChI=1S/C14H15NO4/c1-2-12-18-7-9(8-19-12)15-13(16)10-5-3-4-6-11(10)14(15)17/h3-6,9,12H,2,7-8H2,1H3. The van der Waals surface area contributed by atoms with Crippen molar-refractivity contribution in [2.45, 2.75) is 25.7 Å². The van der Waals surface area contributed by atoms with Gasteiger partial charge in [0, 0.05) is 0 Å². The first-order valence-corrected chi connectivity index (χ1v) is 6.42. The zero-order valence-corrected chi connectivity index (χ0v) is 10.7. The summed E-state index contributed by atoms with van der Waals surface area (Å²) < 4.78 is 11.0. The zero-order chi connectivity index (χ0) is 13.4. The quantitative estimate of drug-likeness (QED) is 0.756. The number of benzene rings is 1. The smallest absolute Gasteiger partial charge is 0.261 e. The largest absolute Gasteiger partial charge is 0.350 e. The average molecular weight is 261 g/mol. The first kappa shape index (κ1) is 12.3. The van der Waals surface area contributed by atoms with E-state index in [1.54, 1.807) is 24.3 Å². The number of rotatable bonds is 2. The number of ether oxygens (including phenoxy) is 2. The Morgan fingerprint density at radius 2 is 1.63 bits per heavy atom. The Balaban J connectivity index is 1.81. The summed E-state index contributed by atoms with van der Waals surface area (Å²) in [5, 5.41) is 0. The van der Waals surface area contributed by atoms with Gasteiger partial charge in [0.15, 0.2) is 6.29 Å². The maximum absolute atomic E-state index is 12.3. The van der Waals surface area contributed by atoms with Gasteiger partial charge < -0.3 is 9.47 Å². The molecule has 2 amide bonds. The molecule has 0 atom stereocenters. The highest BCUT2D eigenvalue weighted by molar-refractivity contribution is 6.21. The van der Waals surface area contributed by atoms with Gasteiger partial charge in [-0.25, -0.2) is 0 Å². The Bertz CT molecular complexity index is 485. The second kappa shape index (κ2) is 4.75. The van der Waals surface area contributed by atoms with E-state index in [1.165, 1.54) is 4.90 Å². The SMILES string of the molecule is CCC1OCC(N2C(=O)c3ccccc3C2=O)CO1. The normalized spacial score (nSPS) is 26.7. The molecule has 0 spiro atoms. The molecule has 1 aromatic rings. The van der Waals surface area contributed by atoms with Crippen molar-refractivity contribution in [2.75, 3.05) is 13.2 Å². The van der Waals surface area contributed by atoms with E-state index in [0.717, 1.165) is 6.42 Å². The molecule has 2 aliphatic rings. The van der Waals surface area contributed by atoms with Crippen LogP contribution in [0.4, 0.5) is 0 Å². The van der Waals surface area contributed by atoms with Gasteiger partial charge in [-0.1, -0.05) is 19.1 Å². The third-order valence-corrected chi connectivity index (χ3v) is 3.47. The highest BCUT2D eigenvalue weighted by atomic mass is 16.7. The van der Waals surface area contributed by atoms with Crippen LogP contribution in [0.5, 0.6) is 0 Å². The predicted octanol–water partition coefficient (Wildman–Crippen LogP) is 1.43. The summed E-state index contributed by atoms with van der Waals surface area (Å²) in [7, 11) is 0. The van der Waals surface area contributed by atoms with Gasteiger partial charge in [-0.15, -0.1) is 0 Å². The lowest BCUT2D eigenvalue weighted by atomic mass is 10.1. The molecule has 5 nitrogen and oxygen atoms in total. The number of hydrogen-bond donors (Lipinski definition) is 0. The minimum atomic E-state index is -0.338. The van der Waals surface area contributed by atoms with Gasteiger partial charge in [-0.3, -0.25) is 14.5 Å². The number of imide groups is 1. The van der Waals surface area contributed by atoms with Crippen LogP contribution in [0.15, 0.2) is 24.3 Å². The molecule has 1 fully saturated rings. The molecular weight excluding hydrogens is 246 g/mol. The number of amides is 2. The Labute approximate surface area is 111 Å². The number of nitrogens with zero attached hydrogens (tertiary/aromatic N) is 1. The number of carbonyl (C=O) groups is 2. The summed E-state index contributed by atoms with van der Waals surface area (Å²) >= 11 is 0. The maximum Gasteiger partial charge on any atom is 0.261 e. The lowest BCUT2D eigenvalue weighted by Crippen LogP contribution is -2.49. The average Bonchev–Trinajstić information content (AvgIpc) is 2.72. The topological polar surface area (TPSA) is 55.8 Å². The van der Waals surface area contributed by atoms with E-state index in [4.69, 9.17) is 9.47 Å². The van der Waals surface area contributed by atoms with Crippen LogP contribution in [0.25, 0.3) is 0 Å². The Kier molecular flexibility index (Phi) is 3.08. The zero-order valence-electron chi connectivity index (χ0n) is 10.7. The van der Waals surface area contributed by atoms with Crippen LogP contribution in [0.3, 0.4) is 0 Å². The summed E-state index contributed by atoms with van der Waals surface area (Å²) in [6.45, 7) is 2.64. The monoisotopic (exact) mass is 261 g/mol. The fraction of sp³-hybridized carbons (Fsp3) is 0.429. The van der Waals surface area contributed by atoms with Gasteiger partial charge in [0.1, 0.15) is 0 Å². The molecule has 2 aliphatic heterocycles. The van der Waals surface area contributed by atoms with Crippen LogP contribution in [-0.2, 0) is 9.47 Å². The molecule has 19 heavy (non-hydrogen) atoms. The fourth-order valence-electron chi connectivity index (χ4n) is 2.46. The van der Waals surface area contributed by atoms with E-state index in [0.29, 0.717) is 24.3 Å². The molecule has 3 rings (SSSR count). The highest BCUT2D eigenvalue weighted by Crippen LogP contribution is 2.26. The van der Waals surface area contributed by atoms with Crippen LogP contribution < -0.4 is 0 Å². The maximum atomic E-state index is 12.3. The highest BCUT2D eigenvalue weighted by Gasteiger charge is 2.41. The van der Waals surface area contributed by atoms with Crippen LogP contribution in [0.1, 0.15) is 34.1 Å². The minimum Gasteiger partial charge on any atom is -0.350 e. The van der Waals surface area contributed by atoms with Crippen molar-refractivity contribution in [3.8, 4) is 0 Å². The molecule has 0 aromatic heterocycles. The molecule has 0 aliphatic carbocycles. The van der Waals surface area contributed by atoms with Crippen molar-refractivity contribution >= 4 is 11.8 Å². The lowest BCUT2D eigenvalue weighted by Gasteiger charge is -2.33. The van der Waals surface area contributed by atoms with E-state index in [2.05, 4.69) is 0 Å². The van der Waals surface area contributed by atoms with Crippen LogP contribution in [0.2, 0.25) is 0 Å². The summed E-state index contributed by atoms with van der Waals surface area (Å²) in [5.41, 5.74) is 0.926. The molecule has 1 saturated heterocycles. The molecule has 1 aromatic carbocycles. The van der Waals surface area contributed by atoms with Gasteiger partial charge in [-0.2, -0.15) is 0 Å². The molecule has 2 heterocycles. The summed E-state index contributed by atoms with van der Waals surface area (Å²) in [6, 6.07) is 6.53. The van der Waals surface area contributed by atoms with Crippen molar-refractivity contribution < 1.29 is 19.1 Å². The molecular formula is C14H15NO4. The van der Waals surface area contributed by atoms with E-state index in [-0.39, 0.29) is 24.1 Å². The van der Waals surface area contributed by atoms with Gasteiger partial charge in [-0.05, 0) is 18.6 Å². The molecule has 100 valence electrons. The van der Waals surface area contributed by atoms with Gasteiger partial charge in [0.25, 0.3) is 11.8 Å². The second-order valence-electron chi connectivity index (χ2n) is 4.68. The molecule has 0 unspecified atom stereocenters. The first-order chi connectivity index (χ1) is 9.22. The number of carbonyl (C=O) groups excluding carboxylic acids is 2. The van der Waals surface area contributed by atoms with Crippen molar-refractivity contribution in [1.29, 1.82) is 0 Å². The summed E-state index contributed by atoms with van der Waals surface area (Å²) in [6.07, 6.45) is 0.529. The third kappa shape index (κ3) is 1.95. The van der Waals surface area contributed by atoms with Gasteiger partial charge in [0.05, 0.1) is 30.4 Å². The van der Waals surface area contributed by atoms with Crippen molar-refractivity contribution in [3.63, 3.8) is 0 Å². The fourth-order valence-corrected chi connectivity index (χ4v) is 2.46. The van der Waals surface area contributed by atoms with Crippen LogP contribution >= 0.6 is 0 Å². The Morgan fingerprint density at radius 1 is 1.11 bits per heavy atom. The first-order valence-electron chi connectivity index (χ1n) is 6.42. The van der Waals surface area contributed by atoms with E-state index < -0.39 is 0 Å². The van der Waals surface area contributed by atoms with Gasteiger partial charge in [0.2, 0.25) is 0 Å². The molecule has 0 bridgehead atoms. The van der Waals surface area contributed by atoms with E-state index in [1.807, 2.05) is 6.92 Å². The van der Waals surface area contributed by atoms with Crippen molar-refractivity contribution in [2.24, 2.45) is 0 Å².